The molecule has 1 N–H and O–H groups in total. The highest BCUT2D eigenvalue weighted by Gasteiger charge is 2.11. The highest BCUT2D eigenvalue weighted by Crippen LogP contribution is 2.23. The lowest BCUT2D eigenvalue weighted by Crippen LogP contribution is -2.27. The molecule has 0 bridgehead atoms. The van der Waals surface area contributed by atoms with Crippen molar-refractivity contribution in [3.8, 4) is 5.75 Å². The van der Waals surface area contributed by atoms with Gasteiger partial charge in [-0.1, -0.05) is 13.8 Å². The molecule has 0 aliphatic rings. The van der Waals surface area contributed by atoms with Gasteiger partial charge in [0.05, 0.1) is 7.11 Å². The van der Waals surface area contributed by atoms with Crippen LogP contribution in [0.3, 0.4) is 0 Å². The third kappa shape index (κ3) is 3.27. The summed E-state index contributed by atoms with van der Waals surface area (Å²) in [7, 11) is 1.66. The van der Waals surface area contributed by atoms with Crippen LogP contribution in [-0.4, -0.2) is 36.6 Å². The molecule has 4 nitrogen and oxygen atoms in total. The lowest BCUT2D eigenvalue weighted by Gasteiger charge is -2.18. The van der Waals surface area contributed by atoms with E-state index < -0.39 is 0 Å². The van der Waals surface area contributed by atoms with Crippen LogP contribution in [0.5, 0.6) is 5.75 Å². The van der Waals surface area contributed by atoms with Gasteiger partial charge in [-0.15, -0.1) is 0 Å². The molecule has 0 unspecified atom stereocenters. The molecule has 0 radical (unpaired) electrons. The van der Waals surface area contributed by atoms with Crippen LogP contribution in [-0.2, 0) is 6.42 Å². The summed E-state index contributed by atoms with van der Waals surface area (Å²) < 4.78 is 5.28. The normalized spacial score (nSPS) is 11.3. The SMILES string of the molecule is CCN(CC)CCc1c(C)c2cc(OC)ccc2[nH]c1=O. The summed E-state index contributed by atoms with van der Waals surface area (Å²) in [5.41, 5.74) is 2.82. The topological polar surface area (TPSA) is 45.3 Å². The van der Waals surface area contributed by atoms with E-state index in [1.165, 1.54) is 0 Å². The first-order valence-electron chi connectivity index (χ1n) is 7.52. The fourth-order valence-corrected chi connectivity index (χ4v) is 2.71. The van der Waals surface area contributed by atoms with Crippen molar-refractivity contribution < 1.29 is 4.74 Å². The number of nitrogens with zero attached hydrogens (tertiary/aromatic N) is 1. The van der Waals surface area contributed by atoms with Gasteiger partial charge < -0.3 is 14.6 Å². The number of rotatable bonds is 6. The molecule has 0 spiro atoms. The van der Waals surface area contributed by atoms with E-state index in [4.69, 9.17) is 4.74 Å². The number of likely N-dealkylation sites (N-methyl/N-ethyl adjacent to an activating group) is 1. The van der Waals surface area contributed by atoms with Crippen molar-refractivity contribution in [1.82, 2.24) is 9.88 Å². The molecule has 1 aromatic carbocycles. The number of methoxy groups -OCH3 is 1. The number of hydrogen-bond donors (Lipinski definition) is 1. The minimum absolute atomic E-state index is 0.0253. The molecule has 2 rings (SSSR count). The quantitative estimate of drug-likeness (QED) is 0.889. The molecule has 0 aliphatic carbocycles. The van der Waals surface area contributed by atoms with Gasteiger partial charge in [0.15, 0.2) is 0 Å². The molecule has 0 fully saturated rings. The maximum absolute atomic E-state index is 12.3. The first-order chi connectivity index (χ1) is 10.1. The summed E-state index contributed by atoms with van der Waals surface area (Å²) in [6, 6.07) is 5.76. The Morgan fingerprint density at radius 1 is 1.24 bits per heavy atom. The molecule has 0 saturated carbocycles. The molecule has 114 valence electrons. The fourth-order valence-electron chi connectivity index (χ4n) is 2.71. The predicted octanol–water partition coefficient (Wildman–Crippen LogP) is 2.73. The molecule has 0 atom stereocenters. The zero-order chi connectivity index (χ0) is 15.4. The number of fused-ring (bicyclic) bond motifs is 1. The van der Waals surface area contributed by atoms with Gasteiger partial charge in [-0.05, 0) is 50.2 Å². The van der Waals surface area contributed by atoms with Crippen molar-refractivity contribution in [2.45, 2.75) is 27.2 Å². The van der Waals surface area contributed by atoms with Crippen LogP contribution in [0.15, 0.2) is 23.0 Å². The number of aromatic amines is 1. The van der Waals surface area contributed by atoms with Crippen molar-refractivity contribution in [3.05, 3.63) is 39.7 Å². The lowest BCUT2D eigenvalue weighted by molar-refractivity contribution is 0.307. The van der Waals surface area contributed by atoms with Gasteiger partial charge in [0.1, 0.15) is 5.75 Å². The summed E-state index contributed by atoms with van der Waals surface area (Å²) in [6.07, 6.45) is 0.774. The van der Waals surface area contributed by atoms with Gasteiger partial charge in [-0.2, -0.15) is 0 Å². The minimum atomic E-state index is 0.0253. The second-order valence-electron chi connectivity index (χ2n) is 5.25. The Morgan fingerprint density at radius 3 is 2.57 bits per heavy atom. The van der Waals surface area contributed by atoms with E-state index in [-0.39, 0.29) is 5.56 Å². The Kier molecular flexibility index (Phi) is 5.02. The predicted molar refractivity (Wildman–Crippen MR) is 87.3 cm³/mol. The van der Waals surface area contributed by atoms with Crippen molar-refractivity contribution in [2.75, 3.05) is 26.7 Å². The maximum Gasteiger partial charge on any atom is 0.251 e. The average molecular weight is 288 g/mol. The summed E-state index contributed by atoms with van der Waals surface area (Å²) in [5, 5.41) is 1.06. The van der Waals surface area contributed by atoms with E-state index in [0.717, 1.165) is 53.8 Å². The molecule has 4 heteroatoms. The van der Waals surface area contributed by atoms with E-state index in [0.29, 0.717) is 0 Å². The Balaban J connectivity index is 2.41. The lowest BCUT2D eigenvalue weighted by atomic mass is 10.0. The summed E-state index contributed by atoms with van der Waals surface area (Å²) in [6.45, 7) is 9.24. The molecule has 21 heavy (non-hydrogen) atoms. The number of benzene rings is 1. The number of pyridine rings is 1. The van der Waals surface area contributed by atoms with Gasteiger partial charge in [-0.25, -0.2) is 0 Å². The molecule has 0 amide bonds. The largest absolute Gasteiger partial charge is 0.497 e. The van der Waals surface area contributed by atoms with Crippen molar-refractivity contribution in [1.29, 1.82) is 0 Å². The van der Waals surface area contributed by atoms with Crippen LogP contribution in [0.4, 0.5) is 0 Å². The third-order valence-corrected chi connectivity index (χ3v) is 4.18. The molecule has 1 heterocycles. The van der Waals surface area contributed by atoms with Crippen LogP contribution >= 0.6 is 0 Å². The number of aromatic nitrogens is 1. The van der Waals surface area contributed by atoms with Crippen molar-refractivity contribution >= 4 is 10.9 Å². The van der Waals surface area contributed by atoms with Crippen molar-refractivity contribution in [2.24, 2.45) is 0 Å². The summed E-state index contributed by atoms with van der Waals surface area (Å²) in [4.78, 5) is 17.6. The molecule has 0 aliphatic heterocycles. The fraction of sp³-hybridized carbons (Fsp3) is 0.471. The average Bonchev–Trinajstić information content (AvgIpc) is 2.50. The number of aryl methyl sites for hydroxylation is 1. The van der Waals surface area contributed by atoms with E-state index >= 15 is 0 Å². The van der Waals surface area contributed by atoms with Gasteiger partial charge in [0, 0.05) is 23.0 Å². The third-order valence-electron chi connectivity index (χ3n) is 4.18. The number of H-pyrrole nitrogens is 1. The van der Waals surface area contributed by atoms with E-state index in [1.807, 2.05) is 25.1 Å². The van der Waals surface area contributed by atoms with Crippen LogP contribution < -0.4 is 10.3 Å². The van der Waals surface area contributed by atoms with Crippen molar-refractivity contribution in [3.63, 3.8) is 0 Å². The highest BCUT2D eigenvalue weighted by molar-refractivity contribution is 5.84. The highest BCUT2D eigenvalue weighted by atomic mass is 16.5. The van der Waals surface area contributed by atoms with Gasteiger partial charge in [0.2, 0.25) is 0 Å². The molecular weight excluding hydrogens is 264 g/mol. The van der Waals surface area contributed by atoms with Crippen LogP contribution in [0.25, 0.3) is 10.9 Å². The second kappa shape index (κ2) is 6.76. The Bertz CT molecular complexity index is 672. The zero-order valence-electron chi connectivity index (χ0n) is 13.3. The van der Waals surface area contributed by atoms with E-state index in [2.05, 4.69) is 23.7 Å². The minimum Gasteiger partial charge on any atom is -0.497 e. The standard InChI is InChI=1S/C17H24N2O2/c1-5-19(6-2)10-9-14-12(3)15-11-13(21-4)7-8-16(15)18-17(14)20/h7-8,11H,5-6,9-10H2,1-4H3,(H,18,20). The van der Waals surface area contributed by atoms with E-state index in [1.54, 1.807) is 7.11 Å². The number of hydrogen-bond acceptors (Lipinski definition) is 3. The molecule has 0 saturated heterocycles. The first-order valence-corrected chi connectivity index (χ1v) is 7.52. The Labute approximate surface area is 125 Å². The second-order valence-corrected chi connectivity index (χ2v) is 5.25. The Morgan fingerprint density at radius 2 is 1.95 bits per heavy atom. The monoisotopic (exact) mass is 288 g/mol. The number of ether oxygens (including phenoxy) is 1. The van der Waals surface area contributed by atoms with Crippen LogP contribution in [0, 0.1) is 6.92 Å². The summed E-state index contributed by atoms with van der Waals surface area (Å²) in [5.74, 6) is 0.812. The van der Waals surface area contributed by atoms with Crippen LogP contribution in [0.2, 0.25) is 0 Å². The smallest absolute Gasteiger partial charge is 0.251 e. The number of nitrogens with one attached hydrogen (secondary N) is 1. The maximum atomic E-state index is 12.3. The molecular formula is C17H24N2O2. The molecule has 1 aromatic heterocycles. The van der Waals surface area contributed by atoms with Gasteiger partial charge in [0.25, 0.3) is 5.56 Å². The van der Waals surface area contributed by atoms with Crippen LogP contribution in [0.1, 0.15) is 25.0 Å². The van der Waals surface area contributed by atoms with E-state index in [9.17, 15) is 4.79 Å². The summed E-state index contributed by atoms with van der Waals surface area (Å²) >= 11 is 0. The zero-order valence-corrected chi connectivity index (χ0v) is 13.3. The Hall–Kier alpha value is -1.81. The first kappa shape index (κ1) is 15.6. The van der Waals surface area contributed by atoms with Gasteiger partial charge >= 0.3 is 0 Å². The van der Waals surface area contributed by atoms with Gasteiger partial charge in [-0.3, -0.25) is 4.79 Å². The molecule has 2 aromatic rings.